The largest absolute Gasteiger partial charge is 0.358 e. The number of fused-ring (bicyclic) bond motifs is 1. The number of H-pyrrole nitrogens is 1. The first-order chi connectivity index (χ1) is 10.2. The molecule has 1 N–H and O–H groups in total. The highest BCUT2D eigenvalue weighted by Crippen LogP contribution is 2.29. The molecule has 0 amide bonds. The van der Waals surface area contributed by atoms with E-state index in [-0.39, 0.29) is 0 Å². The van der Waals surface area contributed by atoms with Gasteiger partial charge in [-0.25, -0.2) is 4.79 Å². The first-order valence-electron chi connectivity index (χ1n) is 6.61. The van der Waals surface area contributed by atoms with Gasteiger partial charge in [-0.2, -0.15) is 4.99 Å². The van der Waals surface area contributed by atoms with Crippen LogP contribution in [0.2, 0.25) is 5.02 Å². The number of halogens is 1. The van der Waals surface area contributed by atoms with Gasteiger partial charge in [0.25, 0.3) is 0 Å². The minimum absolute atomic E-state index is 0.656. The maximum absolute atomic E-state index is 10.5. The van der Waals surface area contributed by atoms with Gasteiger partial charge in [0.15, 0.2) is 0 Å². The van der Waals surface area contributed by atoms with E-state index in [1.165, 1.54) is 5.56 Å². The van der Waals surface area contributed by atoms with Gasteiger partial charge in [0.2, 0.25) is 6.08 Å². The topological polar surface area (TPSA) is 45.2 Å². The van der Waals surface area contributed by atoms with Crippen molar-refractivity contribution in [3.05, 3.63) is 64.3 Å². The molecule has 2 aromatic carbocycles. The summed E-state index contributed by atoms with van der Waals surface area (Å²) in [4.78, 5) is 17.7. The fourth-order valence-corrected chi connectivity index (χ4v) is 2.76. The summed E-state index contributed by atoms with van der Waals surface area (Å²) in [5.41, 5.74) is 4.97. The fraction of sp³-hybridized carbons (Fsp3) is 0.118. The number of aromatic amines is 1. The van der Waals surface area contributed by atoms with E-state index in [1.807, 2.05) is 49.4 Å². The molecule has 3 rings (SSSR count). The Morgan fingerprint density at radius 3 is 2.86 bits per heavy atom. The lowest BCUT2D eigenvalue weighted by Gasteiger charge is -2.05. The van der Waals surface area contributed by atoms with Gasteiger partial charge in [0.05, 0.1) is 5.69 Å². The fourth-order valence-electron chi connectivity index (χ4n) is 2.59. The predicted octanol–water partition coefficient (Wildman–Crippen LogP) is 4.69. The summed E-state index contributed by atoms with van der Waals surface area (Å²) in [6, 6.07) is 13.4. The molecule has 0 unspecified atom stereocenters. The molecule has 104 valence electrons. The Hall–Kier alpha value is -2.35. The lowest BCUT2D eigenvalue weighted by atomic mass is 10.0. The SMILES string of the molecule is Cc1[nH]c2ccc(Cl)cc2c1Cc1ccccc1N=C=O. The van der Waals surface area contributed by atoms with Gasteiger partial charge in [0, 0.05) is 28.0 Å². The van der Waals surface area contributed by atoms with Crippen molar-refractivity contribution in [1.29, 1.82) is 0 Å². The molecule has 3 aromatic rings. The van der Waals surface area contributed by atoms with Crippen LogP contribution in [-0.4, -0.2) is 11.1 Å². The smallest absolute Gasteiger partial charge is 0.240 e. The van der Waals surface area contributed by atoms with Crippen molar-refractivity contribution in [3.63, 3.8) is 0 Å². The van der Waals surface area contributed by atoms with Crippen LogP contribution in [0.5, 0.6) is 0 Å². The van der Waals surface area contributed by atoms with Crippen molar-refractivity contribution >= 4 is 34.3 Å². The summed E-state index contributed by atoms with van der Waals surface area (Å²) in [5.74, 6) is 0. The molecule has 0 aliphatic rings. The molecule has 0 atom stereocenters. The first kappa shape index (κ1) is 13.6. The van der Waals surface area contributed by atoms with E-state index in [2.05, 4.69) is 9.98 Å². The number of para-hydroxylation sites is 1. The summed E-state index contributed by atoms with van der Waals surface area (Å²) in [5, 5.41) is 1.81. The molecule has 3 nitrogen and oxygen atoms in total. The number of isocyanates is 1. The molecule has 0 bridgehead atoms. The summed E-state index contributed by atoms with van der Waals surface area (Å²) in [7, 11) is 0. The van der Waals surface area contributed by atoms with E-state index in [1.54, 1.807) is 6.08 Å². The molecule has 0 saturated carbocycles. The Balaban J connectivity index is 2.12. The Bertz CT molecular complexity index is 860. The van der Waals surface area contributed by atoms with Crippen LogP contribution < -0.4 is 0 Å². The number of nitrogens with one attached hydrogen (secondary N) is 1. The zero-order valence-electron chi connectivity index (χ0n) is 11.5. The van der Waals surface area contributed by atoms with E-state index in [4.69, 9.17) is 11.6 Å². The zero-order chi connectivity index (χ0) is 14.8. The van der Waals surface area contributed by atoms with Crippen molar-refractivity contribution in [2.75, 3.05) is 0 Å². The molecule has 0 radical (unpaired) electrons. The van der Waals surface area contributed by atoms with Gasteiger partial charge in [0.1, 0.15) is 0 Å². The molecule has 1 heterocycles. The number of hydrogen-bond acceptors (Lipinski definition) is 2. The minimum atomic E-state index is 0.656. The molecule has 0 aliphatic heterocycles. The number of aryl methyl sites for hydroxylation is 1. The molecule has 0 spiro atoms. The van der Waals surface area contributed by atoms with E-state index < -0.39 is 0 Å². The first-order valence-corrected chi connectivity index (χ1v) is 6.99. The average Bonchev–Trinajstić information content (AvgIpc) is 2.77. The zero-order valence-corrected chi connectivity index (χ0v) is 12.2. The van der Waals surface area contributed by atoms with Crippen LogP contribution in [0.4, 0.5) is 5.69 Å². The van der Waals surface area contributed by atoms with Crippen LogP contribution in [0.25, 0.3) is 10.9 Å². The van der Waals surface area contributed by atoms with Crippen molar-refractivity contribution in [2.24, 2.45) is 4.99 Å². The highest BCUT2D eigenvalue weighted by Gasteiger charge is 2.11. The molecular formula is C17H13ClN2O. The van der Waals surface area contributed by atoms with Crippen molar-refractivity contribution in [3.8, 4) is 0 Å². The third-order valence-electron chi connectivity index (χ3n) is 3.61. The standard InChI is InChI=1S/C17H13ClN2O/c1-11-14(15-9-13(18)6-7-17(15)20-11)8-12-4-2-3-5-16(12)19-10-21/h2-7,9,20H,8H2,1H3. The number of aliphatic imine (C=N–C) groups is 1. The van der Waals surface area contributed by atoms with E-state index in [0.717, 1.165) is 22.2 Å². The van der Waals surface area contributed by atoms with Crippen LogP contribution in [0.15, 0.2) is 47.5 Å². The summed E-state index contributed by atoms with van der Waals surface area (Å²) >= 11 is 6.10. The minimum Gasteiger partial charge on any atom is -0.358 e. The second-order valence-electron chi connectivity index (χ2n) is 4.93. The van der Waals surface area contributed by atoms with Crippen LogP contribution in [0.3, 0.4) is 0 Å². The number of rotatable bonds is 3. The lowest BCUT2D eigenvalue weighted by Crippen LogP contribution is -1.90. The van der Waals surface area contributed by atoms with E-state index in [9.17, 15) is 4.79 Å². The highest BCUT2D eigenvalue weighted by molar-refractivity contribution is 6.31. The average molecular weight is 297 g/mol. The molecule has 21 heavy (non-hydrogen) atoms. The van der Waals surface area contributed by atoms with Gasteiger partial charge >= 0.3 is 0 Å². The van der Waals surface area contributed by atoms with Gasteiger partial charge in [-0.05, 0) is 42.3 Å². The normalized spacial score (nSPS) is 10.6. The third-order valence-corrected chi connectivity index (χ3v) is 3.84. The molecule has 0 aliphatic carbocycles. The lowest BCUT2D eigenvalue weighted by molar-refractivity contribution is 0.565. The van der Waals surface area contributed by atoms with Crippen LogP contribution in [0, 0.1) is 6.92 Å². The summed E-state index contributed by atoms with van der Waals surface area (Å²) < 4.78 is 0. The molecule has 0 fully saturated rings. The van der Waals surface area contributed by atoms with Crippen LogP contribution in [0.1, 0.15) is 16.8 Å². The Morgan fingerprint density at radius 1 is 1.24 bits per heavy atom. The number of aromatic nitrogens is 1. The molecule has 4 heteroatoms. The van der Waals surface area contributed by atoms with Crippen LogP contribution >= 0.6 is 11.6 Å². The Morgan fingerprint density at radius 2 is 2.05 bits per heavy atom. The van der Waals surface area contributed by atoms with Crippen molar-refractivity contribution in [1.82, 2.24) is 4.98 Å². The maximum Gasteiger partial charge on any atom is 0.240 e. The monoisotopic (exact) mass is 296 g/mol. The molecule has 0 saturated heterocycles. The van der Waals surface area contributed by atoms with Gasteiger partial charge < -0.3 is 4.98 Å². The molecule has 1 aromatic heterocycles. The Kier molecular flexibility index (Phi) is 3.61. The highest BCUT2D eigenvalue weighted by atomic mass is 35.5. The van der Waals surface area contributed by atoms with E-state index in [0.29, 0.717) is 17.1 Å². The number of nitrogens with zero attached hydrogens (tertiary/aromatic N) is 1. The van der Waals surface area contributed by atoms with Gasteiger partial charge in [-0.15, -0.1) is 0 Å². The Labute approximate surface area is 127 Å². The number of benzene rings is 2. The second-order valence-corrected chi connectivity index (χ2v) is 5.36. The number of carbonyl (C=O) groups excluding carboxylic acids is 1. The van der Waals surface area contributed by atoms with Gasteiger partial charge in [-0.1, -0.05) is 29.8 Å². The summed E-state index contributed by atoms with van der Waals surface area (Å²) in [6.45, 7) is 2.04. The molecular weight excluding hydrogens is 284 g/mol. The van der Waals surface area contributed by atoms with Crippen LogP contribution in [-0.2, 0) is 11.2 Å². The van der Waals surface area contributed by atoms with Crippen molar-refractivity contribution in [2.45, 2.75) is 13.3 Å². The van der Waals surface area contributed by atoms with E-state index >= 15 is 0 Å². The number of hydrogen-bond donors (Lipinski definition) is 1. The quantitative estimate of drug-likeness (QED) is 0.553. The summed E-state index contributed by atoms with van der Waals surface area (Å²) in [6.07, 6.45) is 2.30. The third kappa shape index (κ3) is 2.62. The second kappa shape index (κ2) is 5.57. The maximum atomic E-state index is 10.5. The predicted molar refractivity (Wildman–Crippen MR) is 85.1 cm³/mol. The van der Waals surface area contributed by atoms with Gasteiger partial charge in [-0.3, -0.25) is 0 Å². The van der Waals surface area contributed by atoms with Crippen molar-refractivity contribution < 1.29 is 4.79 Å².